The molecule has 0 aliphatic carbocycles. The van der Waals surface area contributed by atoms with E-state index in [4.69, 9.17) is 4.74 Å². The van der Waals surface area contributed by atoms with E-state index in [2.05, 4.69) is 32.2 Å². The number of nitrogens with one attached hydrogen (secondary N) is 1. The normalized spacial score (nSPS) is 16.7. The predicted octanol–water partition coefficient (Wildman–Crippen LogP) is 3.02. The van der Waals surface area contributed by atoms with Crippen LogP contribution < -0.4 is 5.32 Å². The molecule has 2 N–H and O–H groups in total. The summed E-state index contributed by atoms with van der Waals surface area (Å²) < 4.78 is 6.18. The molecule has 0 unspecified atom stereocenters. The van der Waals surface area contributed by atoms with E-state index in [1.807, 2.05) is 11.4 Å². The highest BCUT2D eigenvalue weighted by Crippen LogP contribution is 2.26. The van der Waals surface area contributed by atoms with Crippen molar-refractivity contribution in [3.05, 3.63) is 50.6 Å². The fraction of sp³-hybridized carbons (Fsp3) is 0.353. The van der Waals surface area contributed by atoms with E-state index in [-0.39, 0.29) is 23.3 Å². The Kier molecular flexibility index (Phi) is 5.89. The van der Waals surface area contributed by atoms with E-state index < -0.39 is 0 Å². The van der Waals surface area contributed by atoms with Gasteiger partial charge in [-0.3, -0.25) is 9.69 Å². The Morgan fingerprint density at radius 3 is 2.88 bits per heavy atom. The van der Waals surface area contributed by atoms with Crippen LogP contribution in [0.3, 0.4) is 0 Å². The van der Waals surface area contributed by atoms with Crippen molar-refractivity contribution in [1.82, 2.24) is 10.2 Å². The van der Waals surface area contributed by atoms with E-state index in [0.717, 1.165) is 17.6 Å². The van der Waals surface area contributed by atoms with Crippen LogP contribution in [-0.4, -0.2) is 48.8 Å². The number of morpholine rings is 1. The number of phenols is 1. The predicted molar refractivity (Wildman–Crippen MR) is 97.6 cm³/mol. The Labute approximate surface area is 153 Å². The van der Waals surface area contributed by atoms with Gasteiger partial charge >= 0.3 is 0 Å². The lowest BCUT2D eigenvalue weighted by Gasteiger charge is -2.34. The zero-order chi connectivity index (χ0) is 16.9. The summed E-state index contributed by atoms with van der Waals surface area (Å²) in [7, 11) is 0. The molecule has 1 atom stereocenters. The van der Waals surface area contributed by atoms with Crippen molar-refractivity contribution < 1.29 is 14.6 Å². The topological polar surface area (TPSA) is 61.8 Å². The first-order valence-electron chi connectivity index (χ1n) is 7.77. The molecule has 5 nitrogen and oxygen atoms in total. The van der Waals surface area contributed by atoms with Gasteiger partial charge in [0, 0.05) is 29.0 Å². The van der Waals surface area contributed by atoms with Gasteiger partial charge in [-0.05, 0) is 29.6 Å². The summed E-state index contributed by atoms with van der Waals surface area (Å²) in [5.41, 5.74) is 0.274. The van der Waals surface area contributed by atoms with Crippen LogP contribution in [0.1, 0.15) is 21.3 Å². The molecule has 0 saturated carbocycles. The maximum atomic E-state index is 12.4. The Morgan fingerprint density at radius 2 is 2.17 bits per heavy atom. The van der Waals surface area contributed by atoms with Crippen molar-refractivity contribution in [1.29, 1.82) is 0 Å². The second-order valence-electron chi connectivity index (χ2n) is 5.55. The Balaban J connectivity index is 1.71. The number of amides is 1. The van der Waals surface area contributed by atoms with E-state index in [0.29, 0.717) is 19.8 Å². The van der Waals surface area contributed by atoms with E-state index in [1.165, 1.54) is 10.9 Å². The minimum absolute atomic E-state index is 0.0188. The minimum Gasteiger partial charge on any atom is -0.507 e. The molecule has 7 heteroatoms. The number of carbonyl (C=O) groups excluding carboxylic acids is 1. The van der Waals surface area contributed by atoms with Gasteiger partial charge in [-0.15, -0.1) is 11.3 Å². The first-order chi connectivity index (χ1) is 11.6. The number of benzene rings is 1. The van der Waals surface area contributed by atoms with Crippen molar-refractivity contribution in [2.45, 2.75) is 6.04 Å². The van der Waals surface area contributed by atoms with Crippen molar-refractivity contribution in [3.8, 4) is 5.75 Å². The van der Waals surface area contributed by atoms with Crippen LogP contribution in [0, 0.1) is 0 Å². The van der Waals surface area contributed by atoms with Crippen molar-refractivity contribution in [3.63, 3.8) is 0 Å². The van der Waals surface area contributed by atoms with Gasteiger partial charge in [0.05, 0.1) is 24.8 Å². The zero-order valence-corrected chi connectivity index (χ0v) is 15.5. The van der Waals surface area contributed by atoms with Crippen LogP contribution in [0.2, 0.25) is 0 Å². The molecule has 1 aromatic carbocycles. The lowest BCUT2D eigenvalue weighted by Crippen LogP contribution is -2.43. The third-order valence-electron chi connectivity index (χ3n) is 4.02. The van der Waals surface area contributed by atoms with E-state index in [9.17, 15) is 9.90 Å². The second-order valence-corrected chi connectivity index (χ2v) is 7.45. The molecule has 128 valence electrons. The summed E-state index contributed by atoms with van der Waals surface area (Å²) in [4.78, 5) is 16.0. The van der Waals surface area contributed by atoms with Crippen LogP contribution in [-0.2, 0) is 4.74 Å². The molecule has 3 rings (SSSR count). The molecule has 0 bridgehead atoms. The number of aromatic hydroxyl groups is 1. The highest BCUT2D eigenvalue weighted by Gasteiger charge is 2.24. The van der Waals surface area contributed by atoms with Gasteiger partial charge in [-0.1, -0.05) is 22.0 Å². The Hall–Kier alpha value is -1.41. The van der Waals surface area contributed by atoms with Crippen LogP contribution in [0.5, 0.6) is 5.75 Å². The molecular weight excluding hydrogens is 392 g/mol. The quantitative estimate of drug-likeness (QED) is 0.794. The van der Waals surface area contributed by atoms with Crippen LogP contribution in [0.4, 0.5) is 0 Å². The Bertz CT molecular complexity index is 687. The van der Waals surface area contributed by atoms with Crippen LogP contribution >= 0.6 is 27.3 Å². The molecule has 0 radical (unpaired) electrons. The number of halogens is 1. The molecule has 0 spiro atoms. The molecular formula is C17H19BrN2O3S. The van der Waals surface area contributed by atoms with Gasteiger partial charge in [0.2, 0.25) is 0 Å². The highest BCUT2D eigenvalue weighted by molar-refractivity contribution is 9.10. The number of rotatable bonds is 5. The number of hydrogen-bond donors (Lipinski definition) is 2. The van der Waals surface area contributed by atoms with Crippen LogP contribution in [0.15, 0.2) is 40.2 Å². The summed E-state index contributed by atoms with van der Waals surface area (Å²) in [5.74, 6) is -0.293. The van der Waals surface area contributed by atoms with E-state index in [1.54, 1.807) is 23.5 Å². The summed E-state index contributed by atoms with van der Waals surface area (Å²) in [6.45, 7) is 3.61. The van der Waals surface area contributed by atoms with Gasteiger partial charge < -0.3 is 15.2 Å². The van der Waals surface area contributed by atoms with Crippen molar-refractivity contribution in [2.24, 2.45) is 0 Å². The van der Waals surface area contributed by atoms with E-state index >= 15 is 0 Å². The molecule has 24 heavy (non-hydrogen) atoms. The third kappa shape index (κ3) is 4.16. The number of ether oxygens (including phenoxy) is 1. The fourth-order valence-electron chi connectivity index (χ4n) is 2.75. The average molecular weight is 411 g/mol. The molecule has 1 aliphatic rings. The van der Waals surface area contributed by atoms with Gasteiger partial charge in [-0.25, -0.2) is 0 Å². The molecule has 1 fully saturated rings. The molecule has 1 amide bonds. The molecule has 1 saturated heterocycles. The maximum Gasteiger partial charge on any atom is 0.255 e. The first kappa shape index (κ1) is 17.4. The summed E-state index contributed by atoms with van der Waals surface area (Å²) in [6.07, 6.45) is 0. The standard InChI is InChI=1S/C17H19BrN2O3S/c18-12-3-4-15(21)13(10-12)17(22)19-11-14(16-2-1-9-24-16)20-5-7-23-8-6-20/h1-4,9-10,14,21H,5-8,11H2,(H,19,22)/t14-/m1/s1. The summed E-state index contributed by atoms with van der Waals surface area (Å²) in [5, 5.41) is 14.9. The highest BCUT2D eigenvalue weighted by atomic mass is 79.9. The number of phenolic OH excluding ortho intramolecular Hbond substituents is 1. The smallest absolute Gasteiger partial charge is 0.255 e. The number of thiophene rings is 1. The molecule has 1 aromatic heterocycles. The maximum absolute atomic E-state index is 12.4. The third-order valence-corrected chi connectivity index (χ3v) is 5.48. The monoisotopic (exact) mass is 410 g/mol. The second kappa shape index (κ2) is 8.11. The number of hydrogen-bond acceptors (Lipinski definition) is 5. The Morgan fingerprint density at radius 1 is 1.38 bits per heavy atom. The summed E-state index contributed by atoms with van der Waals surface area (Å²) in [6, 6.07) is 9.07. The number of nitrogens with zero attached hydrogens (tertiary/aromatic N) is 1. The van der Waals surface area contributed by atoms with Gasteiger partial charge in [-0.2, -0.15) is 0 Å². The SMILES string of the molecule is O=C(NC[C@H](c1cccs1)N1CCOCC1)c1cc(Br)ccc1O. The van der Waals surface area contributed by atoms with Crippen molar-refractivity contribution in [2.75, 3.05) is 32.8 Å². The zero-order valence-electron chi connectivity index (χ0n) is 13.1. The van der Waals surface area contributed by atoms with Gasteiger partial charge in [0.25, 0.3) is 5.91 Å². The summed E-state index contributed by atoms with van der Waals surface area (Å²) >= 11 is 5.01. The van der Waals surface area contributed by atoms with Crippen molar-refractivity contribution >= 4 is 33.2 Å². The molecule has 1 aliphatic heterocycles. The molecule has 2 heterocycles. The first-order valence-corrected chi connectivity index (χ1v) is 9.44. The number of carbonyl (C=O) groups is 1. The van der Waals surface area contributed by atoms with Gasteiger partial charge in [0.15, 0.2) is 0 Å². The molecule has 2 aromatic rings. The lowest BCUT2D eigenvalue weighted by atomic mass is 10.1. The largest absolute Gasteiger partial charge is 0.507 e. The average Bonchev–Trinajstić information content (AvgIpc) is 3.12. The minimum atomic E-state index is -0.274. The lowest BCUT2D eigenvalue weighted by molar-refractivity contribution is 0.0169. The van der Waals surface area contributed by atoms with Gasteiger partial charge in [0.1, 0.15) is 5.75 Å². The fourth-order valence-corrected chi connectivity index (χ4v) is 3.98. The van der Waals surface area contributed by atoms with Crippen LogP contribution in [0.25, 0.3) is 0 Å².